The van der Waals surface area contributed by atoms with Crippen LogP contribution in [0.15, 0.2) is 0 Å². The number of hydrogen-bond donors (Lipinski definition) is 2. The lowest BCUT2D eigenvalue weighted by atomic mass is 10.0. The molecule has 0 aliphatic rings. The third kappa shape index (κ3) is 13.8. The molecule has 0 radical (unpaired) electrons. The highest BCUT2D eigenvalue weighted by Crippen LogP contribution is 2.15. The van der Waals surface area contributed by atoms with Crippen LogP contribution < -0.4 is 11.1 Å². The second-order valence-electron chi connectivity index (χ2n) is 7.29. The summed E-state index contributed by atoms with van der Waals surface area (Å²) in [5.74, 6) is 0. The number of amides is 1. The number of nitrogens with one attached hydrogen (secondary N) is 1. The number of alkyl carbamates (subject to hydrolysis) is 1. The Morgan fingerprint density at radius 2 is 1.33 bits per heavy atom. The molecule has 0 aliphatic heterocycles. The van der Waals surface area contributed by atoms with Gasteiger partial charge in [0, 0.05) is 6.04 Å². The minimum absolute atomic E-state index is 0.368. The van der Waals surface area contributed by atoms with E-state index >= 15 is 0 Å². The molecule has 0 spiro atoms. The average Bonchev–Trinajstić information content (AvgIpc) is 2.11. The first-order valence-electron chi connectivity index (χ1n) is 7.09. The highest BCUT2D eigenvalue weighted by Gasteiger charge is 2.28. The van der Waals surface area contributed by atoms with E-state index in [0.29, 0.717) is 0 Å². The summed E-state index contributed by atoms with van der Waals surface area (Å²) in [6.45, 7) is 14.3. The van der Waals surface area contributed by atoms with Crippen molar-refractivity contribution < 1.29 is 18.3 Å². The molecule has 0 aromatic carbocycles. The summed E-state index contributed by atoms with van der Waals surface area (Å²) in [6.07, 6.45) is -0.587. The van der Waals surface area contributed by atoms with E-state index in [9.17, 15) is 13.6 Å². The summed E-state index contributed by atoms with van der Waals surface area (Å²) in [4.78, 5) is 11.2. The molecule has 21 heavy (non-hydrogen) atoms. The van der Waals surface area contributed by atoms with E-state index in [1.54, 1.807) is 34.6 Å². The Bertz CT molecular complexity index is 313. The number of halogens is 2. The predicted octanol–water partition coefficient (Wildman–Crippen LogP) is 3.73. The van der Waals surface area contributed by atoms with Gasteiger partial charge in [0.05, 0.1) is 6.04 Å². The molecule has 0 saturated carbocycles. The molecule has 0 aliphatic carbocycles. The molecule has 0 aromatic heterocycles. The third-order valence-electron chi connectivity index (χ3n) is 2.85. The normalized spacial score (nSPS) is 15.4. The van der Waals surface area contributed by atoms with Crippen LogP contribution in [-0.2, 0) is 4.74 Å². The molecule has 128 valence electrons. The maximum Gasteiger partial charge on any atom is 0.407 e. The van der Waals surface area contributed by atoms with Gasteiger partial charge in [-0.3, -0.25) is 0 Å². The van der Waals surface area contributed by atoms with Crippen LogP contribution in [-0.4, -0.2) is 35.1 Å². The molecule has 3 N–H and O–H groups in total. The van der Waals surface area contributed by atoms with Crippen molar-refractivity contribution in [1.29, 1.82) is 0 Å². The number of nitrogens with two attached hydrogens (primary N) is 1. The quantitative estimate of drug-likeness (QED) is 0.835. The zero-order valence-electron chi connectivity index (χ0n) is 14.8. The molecule has 0 bridgehead atoms. The van der Waals surface area contributed by atoms with E-state index in [0.717, 1.165) is 0 Å². The van der Waals surface area contributed by atoms with Gasteiger partial charge in [0.1, 0.15) is 16.9 Å². The maximum atomic E-state index is 13.3. The van der Waals surface area contributed by atoms with Gasteiger partial charge in [-0.1, -0.05) is 0 Å². The van der Waals surface area contributed by atoms with Crippen LogP contribution in [0.3, 0.4) is 0 Å². The minimum atomic E-state index is -1.45. The molecule has 0 saturated heterocycles. The summed E-state index contributed by atoms with van der Waals surface area (Å²) in [6, 6.07) is -0.940. The van der Waals surface area contributed by atoms with Crippen molar-refractivity contribution in [3.05, 3.63) is 0 Å². The van der Waals surface area contributed by atoms with Crippen molar-refractivity contribution in [3.8, 4) is 0 Å². The summed E-state index contributed by atoms with van der Waals surface area (Å²) in [5, 5.41) is 2.44. The Labute approximate surface area is 127 Å². The van der Waals surface area contributed by atoms with Crippen molar-refractivity contribution in [1.82, 2.24) is 5.32 Å². The van der Waals surface area contributed by atoms with E-state index < -0.39 is 29.1 Å². The Hall–Kier alpha value is -0.910. The van der Waals surface area contributed by atoms with Crippen LogP contribution in [0.2, 0.25) is 0 Å². The molecular formula is C15H32F2N2O2. The zero-order chi connectivity index (χ0) is 17.6. The van der Waals surface area contributed by atoms with Gasteiger partial charge >= 0.3 is 6.09 Å². The van der Waals surface area contributed by atoms with Gasteiger partial charge in [-0.05, 0) is 62.3 Å². The van der Waals surface area contributed by atoms with Gasteiger partial charge in [-0.25, -0.2) is 13.6 Å². The van der Waals surface area contributed by atoms with E-state index in [1.807, 2.05) is 0 Å². The van der Waals surface area contributed by atoms with Gasteiger partial charge in [0.2, 0.25) is 0 Å². The first kappa shape index (κ1) is 22.4. The lowest BCUT2D eigenvalue weighted by Crippen LogP contribution is -2.46. The van der Waals surface area contributed by atoms with E-state index in [2.05, 4.69) is 5.32 Å². The fourth-order valence-electron chi connectivity index (χ4n) is 0.656. The molecular weight excluding hydrogens is 278 g/mol. The number of ether oxygens (including phenoxy) is 1. The van der Waals surface area contributed by atoms with Crippen molar-refractivity contribution in [2.75, 3.05) is 0 Å². The molecule has 0 fully saturated rings. The van der Waals surface area contributed by atoms with Crippen molar-refractivity contribution >= 4 is 6.09 Å². The molecule has 4 nitrogen and oxygen atoms in total. The van der Waals surface area contributed by atoms with Crippen molar-refractivity contribution in [3.63, 3.8) is 0 Å². The number of hydrogen-bond acceptors (Lipinski definition) is 3. The molecule has 1 amide bonds. The lowest BCUT2D eigenvalue weighted by molar-refractivity contribution is 0.0437. The summed E-state index contributed by atoms with van der Waals surface area (Å²) >= 11 is 0. The van der Waals surface area contributed by atoms with Crippen LogP contribution in [0.5, 0.6) is 0 Å². The Morgan fingerprint density at radius 3 is 1.52 bits per heavy atom. The number of rotatable bonds is 3. The lowest BCUT2D eigenvalue weighted by Gasteiger charge is -2.26. The van der Waals surface area contributed by atoms with Crippen LogP contribution in [0.4, 0.5) is 13.6 Å². The second kappa shape index (κ2) is 7.92. The summed E-state index contributed by atoms with van der Waals surface area (Å²) < 4.78 is 30.7. The van der Waals surface area contributed by atoms with E-state index in [-0.39, 0.29) is 6.04 Å². The topological polar surface area (TPSA) is 64.3 Å². The fourth-order valence-corrected chi connectivity index (χ4v) is 0.656. The standard InChI is InChI=1S/C10H20FNO2.C5H12FN/c1-7(10(5,6)11)12-8(13)14-9(2,3)4;1-4(7)5(2,3)6/h7H,1-6H3,(H,12,13);4H,7H2,1-3H3/t7-;4-/m11/s1. The zero-order valence-corrected chi connectivity index (χ0v) is 14.8. The van der Waals surface area contributed by atoms with Crippen LogP contribution in [0, 0.1) is 0 Å². The van der Waals surface area contributed by atoms with E-state index in [1.165, 1.54) is 27.7 Å². The van der Waals surface area contributed by atoms with Crippen LogP contribution in [0.25, 0.3) is 0 Å². The SMILES string of the molecule is C[C@@H](N)C(C)(C)F.C[C@@H](NC(=O)OC(C)(C)C)C(C)(C)F. The van der Waals surface area contributed by atoms with Gasteiger partial charge in [0.25, 0.3) is 0 Å². The molecule has 0 aromatic rings. The van der Waals surface area contributed by atoms with E-state index in [4.69, 9.17) is 10.5 Å². The summed E-state index contributed by atoms with van der Waals surface area (Å²) in [5.41, 5.74) is 1.97. The van der Waals surface area contributed by atoms with Crippen LogP contribution >= 0.6 is 0 Å². The van der Waals surface area contributed by atoms with Gasteiger partial charge < -0.3 is 15.8 Å². The van der Waals surface area contributed by atoms with Crippen molar-refractivity contribution in [2.24, 2.45) is 5.73 Å². The van der Waals surface area contributed by atoms with Crippen LogP contribution in [0.1, 0.15) is 62.3 Å². The molecule has 0 unspecified atom stereocenters. The first-order chi connectivity index (χ1) is 8.97. The number of alkyl halides is 2. The Morgan fingerprint density at radius 1 is 1.00 bits per heavy atom. The van der Waals surface area contributed by atoms with Crippen molar-refractivity contribution in [2.45, 2.75) is 91.3 Å². The second-order valence-corrected chi connectivity index (χ2v) is 7.29. The Balaban J connectivity index is 0. The monoisotopic (exact) mass is 310 g/mol. The maximum absolute atomic E-state index is 13.3. The van der Waals surface area contributed by atoms with Gasteiger partial charge in [-0.2, -0.15) is 0 Å². The Kier molecular flexibility index (Phi) is 8.43. The molecule has 2 atom stereocenters. The molecule has 6 heteroatoms. The van der Waals surface area contributed by atoms with Gasteiger partial charge in [0.15, 0.2) is 0 Å². The number of carbonyl (C=O) groups excluding carboxylic acids is 1. The minimum Gasteiger partial charge on any atom is -0.444 e. The average molecular weight is 310 g/mol. The fraction of sp³-hybridized carbons (Fsp3) is 0.933. The largest absolute Gasteiger partial charge is 0.444 e. The first-order valence-corrected chi connectivity index (χ1v) is 7.09. The third-order valence-corrected chi connectivity index (χ3v) is 2.85. The van der Waals surface area contributed by atoms with Gasteiger partial charge in [-0.15, -0.1) is 0 Å². The smallest absolute Gasteiger partial charge is 0.407 e. The highest BCUT2D eigenvalue weighted by atomic mass is 19.1. The highest BCUT2D eigenvalue weighted by molar-refractivity contribution is 5.68. The predicted molar refractivity (Wildman–Crippen MR) is 82.9 cm³/mol. The number of carbonyl (C=O) groups is 1. The molecule has 0 heterocycles. The summed E-state index contributed by atoms with van der Waals surface area (Å²) in [7, 11) is 0. The molecule has 0 rings (SSSR count).